The summed E-state index contributed by atoms with van der Waals surface area (Å²) in [5, 5.41) is 5.65. The minimum atomic E-state index is -0.558. The molecule has 0 saturated carbocycles. The number of methoxy groups -OCH3 is 1. The highest BCUT2D eigenvalue weighted by atomic mass is 16.6. The van der Waals surface area contributed by atoms with Gasteiger partial charge in [-0.05, 0) is 72.7 Å². The Morgan fingerprint density at radius 2 is 1.51 bits per heavy atom. The van der Waals surface area contributed by atoms with E-state index in [1.807, 2.05) is 30.3 Å². The second-order valence-electron chi connectivity index (χ2n) is 11.4. The summed E-state index contributed by atoms with van der Waals surface area (Å²) in [4.78, 5) is 24.6. The van der Waals surface area contributed by atoms with Crippen LogP contribution in [0.15, 0.2) is 66.7 Å². The maximum atomic E-state index is 12.8. The highest BCUT2D eigenvalue weighted by molar-refractivity contribution is 5.93. The molecule has 0 radical (unpaired) electrons. The van der Waals surface area contributed by atoms with Crippen molar-refractivity contribution in [2.24, 2.45) is 0 Å². The number of hydrogen-bond acceptors (Lipinski definition) is 5. The Morgan fingerprint density at radius 1 is 0.821 bits per heavy atom. The van der Waals surface area contributed by atoms with Gasteiger partial charge in [-0.3, -0.25) is 4.79 Å². The number of nitrogens with one attached hydrogen (secondary N) is 2. The van der Waals surface area contributed by atoms with E-state index in [0.29, 0.717) is 11.5 Å². The molecule has 3 aromatic carbocycles. The SMILES string of the molecule is COc1cc(CC(=O)Nc2cccc(-c3cccc(C(C)(C)C)c3)c2)ccc1OCCNC(=O)OC(C)(C)C. The zero-order chi connectivity index (χ0) is 28.6. The van der Waals surface area contributed by atoms with Crippen LogP contribution in [-0.2, 0) is 21.4 Å². The van der Waals surface area contributed by atoms with Crippen LogP contribution in [0, 0.1) is 0 Å². The number of hydrogen-bond donors (Lipinski definition) is 2. The van der Waals surface area contributed by atoms with Gasteiger partial charge in [-0.2, -0.15) is 0 Å². The van der Waals surface area contributed by atoms with Gasteiger partial charge in [0, 0.05) is 5.69 Å². The van der Waals surface area contributed by atoms with E-state index in [1.54, 1.807) is 40.0 Å². The number of alkyl carbamates (subject to hydrolysis) is 1. The maximum absolute atomic E-state index is 12.8. The fourth-order valence-corrected chi connectivity index (χ4v) is 3.90. The lowest BCUT2D eigenvalue weighted by molar-refractivity contribution is -0.115. The van der Waals surface area contributed by atoms with Crippen LogP contribution in [0.4, 0.5) is 10.5 Å². The van der Waals surface area contributed by atoms with E-state index in [9.17, 15) is 9.59 Å². The third-order valence-corrected chi connectivity index (χ3v) is 5.83. The third kappa shape index (κ3) is 9.36. The lowest BCUT2D eigenvalue weighted by Crippen LogP contribution is -2.34. The van der Waals surface area contributed by atoms with Gasteiger partial charge in [-0.15, -0.1) is 0 Å². The average Bonchev–Trinajstić information content (AvgIpc) is 2.86. The molecule has 0 fully saturated rings. The summed E-state index contributed by atoms with van der Waals surface area (Å²) >= 11 is 0. The van der Waals surface area contributed by atoms with Crippen LogP contribution in [0.3, 0.4) is 0 Å². The van der Waals surface area contributed by atoms with Crippen molar-refractivity contribution in [1.29, 1.82) is 0 Å². The monoisotopic (exact) mass is 532 g/mol. The normalized spacial score (nSPS) is 11.5. The van der Waals surface area contributed by atoms with Crippen LogP contribution in [0.1, 0.15) is 52.7 Å². The molecule has 0 saturated heterocycles. The summed E-state index contributed by atoms with van der Waals surface area (Å²) in [6, 6.07) is 21.7. The molecule has 2 amide bonds. The minimum Gasteiger partial charge on any atom is -0.493 e. The van der Waals surface area contributed by atoms with Crippen molar-refractivity contribution in [3.8, 4) is 22.6 Å². The summed E-state index contributed by atoms with van der Waals surface area (Å²) < 4.78 is 16.4. The molecule has 7 heteroatoms. The fraction of sp³-hybridized carbons (Fsp3) is 0.375. The van der Waals surface area contributed by atoms with Gasteiger partial charge in [0.1, 0.15) is 12.2 Å². The van der Waals surface area contributed by atoms with Crippen molar-refractivity contribution < 1.29 is 23.8 Å². The van der Waals surface area contributed by atoms with Crippen LogP contribution in [0.25, 0.3) is 11.1 Å². The number of amides is 2. The second kappa shape index (κ2) is 12.7. The Labute approximate surface area is 231 Å². The van der Waals surface area contributed by atoms with Crippen LogP contribution in [0.2, 0.25) is 0 Å². The predicted octanol–water partition coefficient (Wildman–Crippen LogP) is 6.74. The van der Waals surface area contributed by atoms with E-state index in [4.69, 9.17) is 14.2 Å². The van der Waals surface area contributed by atoms with E-state index < -0.39 is 11.7 Å². The zero-order valence-corrected chi connectivity index (χ0v) is 24.0. The molecule has 0 aliphatic rings. The number of ether oxygens (including phenoxy) is 3. The molecule has 0 aliphatic carbocycles. The molecule has 7 nitrogen and oxygen atoms in total. The second-order valence-corrected chi connectivity index (χ2v) is 11.4. The number of anilines is 1. The first kappa shape index (κ1) is 29.6. The van der Waals surface area contributed by atoms with Crippen LogP contribution < -0.4 is 20.1 Å². The van der Waals surface area contributed by atoms with Crippen LogP contribution >= 0.6 is 0 Å². The molecule has 0 aliphatic heterocycles. The van der Waals surface area contributed by atoms with Gasteiger partial charge >= 0.3 is 6.09 Å². The first-order valence-corrected chi connectivity index (χ1v) is 13.1. The number of rotatable bonds is 9. The highest BCUT2D eigenvalue weighted by Gasteiger charge is 2.16. The van der Waals surface area contributed by atoms with Gasteiger partial charge in [0.05, 0.1) is 20.1 Å². The number of carbonyl (C=O) groups is 2. The third-order valence-electron chi connectivity index (χ3n) is 5.83. The van der Waals surface area contributed by atoms with Crippen molar-refractivity contribution in [2.45, 2.75) is 59.0 Å². The Morgan fingerprint density at radius 3 is 2.18 bits per heavy atom. The van der Waals surface area contributed by atoms with Crippen molar-refractivity contribution in [3.63, 3.8) is 0 Å². The first-order chi connectivity index (χ1) is 18.3. The highest BCUT2D eigenvalue weighted by Crippen LogP contribution is 2.30. The molecule has 2 N–H and O–H groups in total. The first-order valence-electron chi connectivity index (χ1n) is 13.1. The summed E-state index contributed by atoms with van der Waals surface area (Å²) in [7, 11) is 1.55. The molecule has 0 bridgehead atoms. The Balaban J connectivity index is 1.58. The van der Waals surface area contributed by atoms with Gasteiger partial charge in [0.2, 0.25) is 5.91 Å². The maximum Gasteiger partial charge on any atom is 0.407 e. The van der Waals surface area contributed by atoms with Crippen molar-refractivity contribution in [3.05, 3.63) is 77.9 Å². The lowest BCUT2D eigenvalue weighted by atomic mass is 9.85. The Kier molecular flexibility index (Phi) is 9.62. The summed E-state index contributed by atoms with van der Waals surface area (Å²) in [5.41, 5.74) is 4.44. The number of benzene rings is 3. The molecule has 0 spiro atoms. The minimum absolute atomic E-state index is 0.0560. The van der Waals surface area contributed by atoms with E-state index >= 15 is 0 Å². The molecule has 0 aromatic heterocycles. The molecule has 0 atom stereocenters. The topological polar surface area (TPSA) is 85.9 Å². The largest absolute Gasteiger partial charge is 0.493 e. The molecule has 0 unspecified atom stereocenters. The van der Waals surface area contributed by atoms with Gasteiger partial charge in [0.15, 0.2) is 11.5 Å². The zero-order valence-electron chi connectivity index (χ0n) is 24.0. The van der Waals surface area contributed by atoms with E-state index in [-0.39, 0.29) is 30.9 Å². The molecule has 3 rings (SSSR count). The molecular weight excluding hydrogens is 492 g/mol. The van der Waals surface area contributed by atoms with E-state index in [2.05, 4.69) is 55.7 Å². The lowest BCUT2D eigenvalue weighted by Gasteiger charge is -2.20. The quantitative estimate of drug-likeness (QED) is 0.298. The molecule has 39 heavy (non-hydrogen) atoms. The Hall–Kier alpha value is -4.00. The molecule has 208 valence electrons. The van der Waals surface area contributed by atoms with Gasteiger partial charge in [0.25, 0.3) is 0 Å². The summed E-state index contributed by atoms with van der Waals surface area (Å²) in [6.07, 6.45) is -0.316. The smallest absolute Gasteiger partial charge is 0.407 e. The van der Waals surface area contributed by atoms with Crippen molar-refractivity contribution in [1.82, 2.24) is 5.32 Å². The molecular formula is C32H40N2O5. The van der Waals surface area contributed by atoms with Crippen LogP contribution in [0.5, 0.6) is 11.5 Å². The molecule has 3 aromatic rings. The van der Waals surface area contributed by atoms with Crippen molar-refractivity contribution >= 4 is 17.7 Å². The predicted molar refractivity (Wildman–Crippen MR) is 156 cm³/mol. The Bertz CT molecular complexity index is 1290. The number of carbonyl (C=O) groups excluding carboxylic acids is 2. The van der Waals surface area contributed by atoms with Crippen LogP contribution in [-0.4, -0.2) is 37.9 Å². The standard InChI is InChI=1S/C32H40N2O5/c1-31(2,3)25-12-8-10-23(20-25)24-11-9-13-26(21-24)34-29(35)19-22-14-15-27(28(18-22)37-7)38-17-16-33-30(36)39-32(4,5)6/h8-15,18,20-21H,16-17,19H2,1-7H3,(H,33,36)(H,34,35). The van der Waals surface area contributed by atoms with Gasteiger partial charge < -0.3 is 24.8 Å². The summed E-state index contributed by atoms with van der Waals surface area (Å²) in [5.74, 6) is 0.906. The molecule has 0 heterocycles. The fourth-order valence-electron chi connectivity index (χ4n) is 3.90. The van der Waals surface area contributed by atoms with E-state index in [0.717, 1.165) is 22.4 Å². The van der Waals surface area contributed by atoms with Crippen molar-refractivity contribution in [2.75, 3.05) is 25.6 Å². The summed E-state index contributed by atoms with van der Waals surface area (Å²) in [6.45, 7) is 12.5. The van der Waals surface area contributed by atoms with E-state index in [1.165, 1.54) is 5.56 Å². The average molecular weight is 533 g/mol. The van der Waals surface area contributed by atoms with Gasteiger partial charge in [-0.1, -0.05) is 63.2 Å². The van der Waals surface area contributed by atoms with Gasteiger partial charge in [-0.25, -0.2) is 4.79 Å².